The largest absolute Gasteiger partial charge is 0.549 e. The molecule has 0 unspecified atom stereocenters. The highest BCUT2D eigenvalue weighted by Gasteiger charge is 2.10. The maximum atomic E-state index is 10.6. The number of carboxylic acid groups (broad SMARTS) is 2. The van der Waals surface area contributed by atoms with Crippen molar-refractivity contribution in [2.75, 3.05) is 0 Å². The molecule has 0 aliphatic rings. The summed E-state index contributed by atoms with van der Waals surface area (Å²) in [7, 11) is 0. The maximum absolute atomic E-state index is 10.6. The van der Waals surface area contributed by atoms with Crippen LogP contribution in [0.25, 0.3) is 0 Å². The Labute approximate surface area is 141 Å². The van der Waals surface area contributed by atoms with Gasteiger partial charge in [-0.3, -0.25) is 0 Å². The van der Waals surface area contributed by atoms with E-state index in [1.165, 1.54) is 64.2 Å². The van der Waals surface area contributed by atoms with Crippen LogP contribution in [0, 0.1) is 5.92 Å². The van der Waals surface area contributed by atoms with E-state index in [0.29, 0.717) is 6.42 Å². The smallest absolute Gasteiger partial charge is 0.0501 e. The molecule has 0 radical (unpaired) electrons. The molecule has 0 aliphatic carbocycles. The van der Waals surface area contributed by atoms with Crippen molar-refractivity contribution in [2.24, 2.45) is 5.92 Å². The van der Waals surface area contributed by atoms with Crippen molar-refractivity contribution in [3.05, 3.63) is 0 Å². The van der Waals surface area contributed by atoms with Crippen LogP contribution in [0.4, 0.5) is 0 Å². The predicted molar refractivity (Wildman–Crippen MR) is 88.4 cm³/mol. The SMILES string of the molecule is CCCCCCCCCCCCCCCCC(C(=O)[O-])C(=O)[O-]. The summed E-state index contributed by atoms with van der Waals surface area (Å²) in [5.74, 6) is -4.51. The van der Waals surface area contributed by atoms with Gasteiger partial charge in [0.2, 0.25) is 0 Å². The zero-order valence-electron chi connectivity index (χ0n) is 14.8. The highest BCUT2D eigenvalue weighted by atomic mass is 16.4. The van der Waals surface area contributed by atoms with Crippen LogP contribution >= 0.6 is 0 Å². The summed E-state index contributed by atoms with van der Waals surface area (Å²) in [4.78, 5) is 21.1. The normalized spacial score (nSPS) is 11.0. The van der Waals surface area contributed by atoms with Gasteiger partial charge in [-0.25, -0.2) is 0 Å². The first-order valence-corrected chi connectivity index (χ1v) is 9.51. The van der Waals surface area contributed by atoms with Gasteiger partial charge in [-0.1, -0.05) is 96.8 Å². The third kappa shape index (κ3) is 14.3. The van der Waals surface area contributed by atoms with Gasteiger partial charge in [0.15, 0.2) is 0 Å². The zero-order chi connectivity index (χ0) is 17.3. The Kier molecular flexibility index (Phi) is 15.1. The molecule has 0 N–H and O–H groups in total. The lowest BCUT2D eigenvalue weighted by Crippen LogP contribution is -2.43. The number of carbonyl (C=O) groups is 2. The molecule has 0 aliphatic heterocycles. The molecule has 136 valence electrons. The quantitative estimate of drug-likeness (QED) is 0.304. The van der Waals surface area contributed by atoms with Crippen molar-refractivity contribution >= 4 is 11.9 Å². The monoisotopic (exact) mass is 326 g/mol. The molecular weight excluding hydrogens is 292 g/mol. The van der Waals surface area contributed by atoms with Crippen molar-refractivity contribution in [2.45, 2.75) is 103 Å². The first-order valence-electron chi connectivity index (χ1n) is 9.51. The highest BCUT2D eigenvalue weighted by molar-refractivity contribution is 5.90. The fourth-order valence-corrected chi connectivity index (χ4v) is 2.87. The van der Waals surface area contributed by atoms with Crippen LogP contribution < -0.4 is 10.2 Å². The molecule has 0 bridgehead atoms. The van der Waals surface area contributed by atoms with E-state index in [-0.39, 0.29) is 6.42 Å². The molecule has 4 nitrogen and oxygen atoms in total. The van der Waals surface area contributed by atoms with Crippen molar-refractivity contribution in [1.29, 1.82) is 0 Å². The van der Waals surface area contributed by atoms with Crippen LogP contribution in [0.1, 0.15) is 103 Å². The van der Waals surface area contributed by atoms with Gasteiger partial charge in [0.25, 0.3) is 0 Å². The van der Waals surface area contributed by atoms with E-state index in [9.17, 15) is 19.8 Å². The lowest BCUT2D eigenvalue weighted by atomic mass is 10.00. The molecule has 0 spiro atoms. The van der Waals surface area contributed by atoms with Gasteiger partial charge in [-0.05, 0) is 6.42 Å². The summed E-state index contributed by atoms with van der Waals surface area (Å²) in [5, 5.41) is 21.1. The summed E-state index contributed by atoms with van der Waals surface area (Å²) >= 11 is 0. The second-order valence-corrected chi connectivity index (χ2v) is 6.58. The van der Waals surface area contributed by atoms with Crippen LogP contribution in [0.5, 0.6) is 0 Å². The lowest BCUT2D eigenvalue weighted by molar-refractivity contribution is -0.332. The van der Waals surface area contributed by atoms with E-state index in [2.05, 4.69) is 6.92 Å². The molecular formula is C19H34O4-2. The minimum atomic E-state index is -1.53. The number of hydrogen-bond donors (Lipinski definition) is 0. The van der Waals surface area contributed by atoms with Gasteiger partial charge in [0.1, 0.15) is 0 Å². The minimum absolute atomic E-state index is 0.128. The topological polar surface area (TPSA) is 80.3 Å². The fourth-order valence-electron chi connectivity index (χ4n) is 2.87. The summed E-state index contributed by atoms with van der Waals surface area (Å²) in [6, 6.07) is 0. The Morgan fingerprint density at radius 2 is 0.913 bits per heavy atom. The molecule has 0 aromatic carbocycles. The third-order valence-electron chi connectivity index (χ3n) is 4.42. The van der Waals surface area contributed by atoms with Gasteiger partial charge in [0.05, 0.1) is 11.9 Å². The Balaban J connectivity index is 3.24. The van der Waals surface area contributed by atoms with Crippen LogP contribution in [0.15, 0.2) is 0 Å². The maximum Gasteiger partial charge on any atom is 0.0501 e. The molecule has 4 heteroatoms. The molecule has 0 heterocycles. The molecule has 0 saturated heterocycles. The molecule has 0 atom stereocenters. The summed E-state index contributed by atoms with van der Waals surface area (Å²) in [6.45, 7) is 2.24. The van der Waals surface area contributed by atoms with Gasteiger partial charge in [-0.2, -0.15) is 0 Å². The number of hydrogen-bond acceptors (Lipinski definition) is 4. The second-order valence-electron chi connectivity index (χ2n) is 6.58. The Bertz CT molecular complexity index is 288. The van der Waals surface area contributed by atoms with Gasteiger partial charge in [0, 0.05) is 5.92 Å². The van der Waals surface area contributed by atoms with E-state index in [4.69, 9.17) is 0 Å². The van der Waals surface area contributed by atoms with Gasteiger partial charge >= 0.3 is 0 Å². The Morgan fingerprint density at radius 1 is 0.609 bits per heavy atom. The van der Waals surface area contributed by atoms with Crippen molar-refractivity contribution in [3.63, 3.8) is 0 Å². The number of carboxylic acids is 2. The van der Waals surface area contributed by atoms with E-state index in [0.717, 1.165) is 19.3 Å². The number of aliphatic carboxylic acids is 2. The molecule has 0 fully saturated rings. The molecule has 23 heavy (non-hydrogen) atoms. The summed E-state index contributed by atoms with van der Waals surface area (Å²) in [6.07, 6.45) is 17.1. The average molecular weight is 326 g/mol. The van der Waals surface area contributed by atoms with Gasteiger partial charge in [-0.15, -0.1) is 0 Å². The van der Waals surface area contributed by atoms with Crippen molar-refractivity contribution in [3.8, 4) is 0 Å². The van der Waals surface area contributed by atoms with E-state index >= 15 is 0 Å². The first kappa shape index (κ1) is 21.9. The zero-order valence-corrected chi connectivity index (χ0v) is 14.8. The van der Waals surface area contributed by atoms with E-state index in [1.807, 2.05) is 0 Å². The van der Waals surface area contributed by atoms with Crippen LogP contribution in [0.3, 0.4) is 0 Å². The minimum Gasteiger partial charge on any atom is -0.549 e. The number of carbonyl (C=O) groups excluding carboxylic acids is 2. The Morgan fingerprint density at radius 3 is 1.22 bits per heavy atom. The van der Waals surface area contributed by atoms with Crippen LogP contribution in [-0.2, 0) is 9.59 Å². The van der Waals surface area contributed by atoms with E-state index < -0.39 is 17.9 Å². The molecule has 0 aromatic rings. The first-order chi connectivity index (χ1) is 11.1. The highest BCUT2D eigenvalue weighted by Crippen LogP contribution is 2.14. The van der Waals surface area contributed by atoms with Gasteiger partial charge < -0.3 is 19.8 Å². The van der Waals surface area contributed by atoms with Crippen molar-refractivity contribution in [1.82, 2.24) is 0 Å². The predicted octanol–water partition coefficient (Wildman–Crippen LogP) is 2.97. The average Bonchev–Trinajstić information content (AvgIpc) is 2.50. The van der Waals surface area contributed by atoms with Crippen LogP contribution in [0.2, 0.25) is 0 Å². The Hall–Kier alpha value is -1.06. The lowest BCUT2D eigenvalue weighted by Gasteiger charge is -2.18. The molecule has 0 rings (SSSR count). The number of rotatable bonds is 17. The summed E-state index contributed by atoms with van der Waals surface area (Å²) in [5.41, 5.74) is 0. The number of unbranched alkanes of at least 4 members (excludes halogenated alkanes) is 13. The molecule has 0 saturated carbocycles. The standard InChI is InChI=1S/C19H36O4/c1-2-3-4-5-6-7-8-9-10-11-12-13-14-15-16-17(18(20)21)19(22)23/h17H,2-16H2,1H3,(H,20,21)(H,22,23)/p-2. The van der Waals surface area contributed by atoms with Crippen molar-refractivity contribution < 1.29 is 19.8 Å². The summed E-state index contributed by atoms with van der Waals surface area (Å²) < 4.78 is 0. The third-order valence-corrected chi connectivity index (χ3v) is 4.42. The molecule has 0 amide bonds. The van der Waals surface area contributed by atoms with Crippen LogP contribution in [-0.4, -0.2) is 11.9 Å². The second kappa shape index (κ2) is 15.8. The molecule has 0 aromatic heterocycles. The van der Waals surface area contributed by atoms with E-state index in [1.54, 1.807) is 0 Å². The fraction of sp³-hybridized carbons (Fsp3) is 0.895.